The normalized spacial score (nSPS) is 11.0. The Labute approximate surface area is 151 Å². The van der Waals surface area contributed by atoms with E-state index < -0.39 is 0 Å². The second kappa shape index (κ2) is 9.04. The fraction of sp³-hybridized carbons (Fsp3) is 0.368. The van der Waals surface area contributed by atoms with Crippen molar-refractivity contribution in [1.82, 2.24) is 10.2 Å². The summed E-state index contributed by atoms with van der Waals surface area (Å²) in [5.74, 6) is 0.923. The van der Waals surface area contributed by atoms with Crippen LogP contribution in [0.2, 0.25) is 0 Å². The molecule has 1 heterocycles. The predicted octanol–water partition coefficient (Wildman–Crippen LogP) is 5.98. The molecule has 3 aromatic rings. The summed E-state index contributed by atoms with van der Waals surface area (Å²) in [5.41, 5.74) is 1.35. The third kappa shape index (κ3) is 4.71. The zero-order valence-corrected chi connectivity index (χ0v) is 15.6. The maximum absolute atomic E-state index is 4.30. The van der Waals surface area contributed by atoms with Gasteiger partial charge in [-0.05, 0) is 22.8 Å². The van der Waals surface area contributed by atoms with Gasteiger partial charge in [0.25, 0.3) is 0 Å². The zero-order chi connectivity index (χ0) is 16.6. The van der Waals surface area contributed by atoms with Crippen LogP contribution in [0.5, 0.6) is 0 Å². The number of fused-ring (bicyclic) bond motifs is 1. The predicted molar refractivity (Wildman–Crippen MR) is 106 cm³/mol. The Kier molecular flexibility index (Phi) is 6.49. The summed E-state index contributed by atoms with van der Waals surface area (Å²) in [6.45, 7) is 3.22. The van der Waals surface area contributed by atoms with Gasteiger partial charge >= 0.3 is 0 Å². The first-order chi connectivity index (χ1) is 11.9. The van der Waals surface area contributed by atoms with Crippen molar-refractivity contribution >= 4 is 39.0 Å². The third-order valence-corrected chi connectivity index (χ3v) is 6.01. The standard InChI is InChI=1S/C19H23N3S2/c1-2-3-4-7-13-20-18-21-22-19(24-18)23-14-16-11-8-10-15-9-5-6-12-17(15)16/h5-6,8-12H,2-4,7,13-14H2,1H3,(H,20,21). The molecule has 0 radical (unpaired) electrons. The summed E-state index contributed by atoms with van der Waals surface area (Å²) >= 11 is 3.41. The highest BCUT2D eigenvalue weighted by atomic mass is 32.2. The molecule has 3 rings (SSSR count). The van der Waals surface area contributed by atoms with Gasteiger partial charge in [-0.1, -0.05) is 91.7 Å². The minimum Gasteiger partial charge on any atom is -0.360 e. The van der Waals surface area contributed by atoms with Gasteiger partial charge < -0.3 is 5.32 Å². The van der Waals surface area contributed by atoms with Crippen molar-refractivity contribution in [3.05, 3.63) is 48.0 Å². The number of thioether (sulfide) groups is 1. The number of unbranched alkanes of at least 4 members (excludes halogenated alkanes) is 3. The first kappa shape index (κ1) is 17.2. The van der Waals surface area contributed by atoms with Crippen molar-refractivity contribution < 1.29 is 0 Å². The number of hydrogen-bond acceptors (Lipinski definition) is 5. The molecule has 0 fully saturated rings. The number of aromatic nitrogens is 2. The van der Waals surface area contributed by atoms with Crippen molar-refractivity contribution in [3.63, 3.8) is 0 Å². The van der Waals surface area contributed by atoms with Gasteiger partial charge in [0.05, 0.1) is 0 Å². The number of nitrogens with zero attached hydrogens (tertiary/aromatic N) is 2. The van der Waals surface area contributed by atoms with E-state index in [4.69, 9.17) is 0 Å². The smallest absolute Gasteiger partial charge is 0.206 e. The molecule has 0 aliphatic carbocycles. The SMILES string of the molecule is CCCCCCNc1nnc(SCc2cccc3ccccc23)s1. The van der Waals surface area contributed by atoms with E-state index in [1.54, 1.807) is 23.1 Å². The van der Waals surface area contributed by atoms with E-state index in [0.717, 1.165) is 21.8 Å². The fourth-order valence-corrected chi connectivity index (χ4v) is 4.43. The van der Waals surface area contributed by atoms with E-state index in [9.17, 15) is 0 Å². The monoisotopic (exact) mass is 357 g/mol. The number of nitrogens with one attached hydrogen (secondary N) is 1. The molecule has 1 aromatic heterocycles. The van der Waals surface area contributed by atoms with Crippen LogP contribution >= 0.6 is 23.1 Å². The molecule has 0 unspecified atom stereocenters. The van der Waals surface area contributed by atoms with Crippen molar-refractivity contribution in [2.24, 2.45) is 0 Å². The van der Waals surface area contributed by atoms with Gasteiger partial charge in [0.1, 0.15) is 0 Å². The fourth-order valence-electron chi connectivity index (χ4n) is 2.64. The summed E-state index contributed by atoms with van der Waals surface area (Å²) in [4.78, 5) is 0. The Bertz CT molecular complexity index is 765. The lowest BCUT2D eigenvalue weighted by molar-refractivity contribution is 0.684. The quantitative estimate of drug-likeness (QED) is 0.378. The molecular formula is C19H23N3S2. The molecular weight excluding hydrogens is 334 g/mol. The minimum atomic E-state index is 0.923. The van der Waals surface area contributed by atoms with Gasteiger partial charge in [0.2, 0.25) is 5.13 Å². The molecule has 0 saturated heterocycles. The summed E-state index contributed by atoms with van der Waals surface area (Å²) < 4.78 is 1.03. The van der Waals surface area contributed by atoms with Crippen LogP contribution in [0.1, 0.15) is 38.2 Å². The topological polar surface area (TPSA) is 37.8 Å². The maximum Gasteiger partial charge on any atom is 0.206 e. The lowest BCUT2D eigenvalue weighted by Crippen LogP contribution is -2.00. The van der Waals surface area contributed by atoms with Crippen LogP contribution in [0.25, 0.3) is 10.8 Å². The molecule has 2 aromatic carbocycles. The van der Waals surface area contributed by atoms with Crippen LogP contribution in [0.3, 0.4) is 0 Å². The van der Waals surface area contributed by atoms with E-state index in [-0.39, 0.29) is 0 Å². The lowest BCUT2D eigenvalue weighted by atomic mass is 10.1. The van der Waals surface area contributed by atoms with Crippen molar-refractivity contribution in [3.8, 4) is 0 Å². The number of anilines is 1. The molecule has 0 spiro atoms. The molecule has 0 atom stereocenters. The Hall–Kier alpha value is -1.59. The molecule has 126 valence electrons. The van der Waals surface area contributed by atoms with Crippen molar-refractivity contribution in [1.29, 1.82) is 0 Å². The van der Waals surface area contributed by atoms with Crippen molar-refractivity contribution in [2.75, 3.05) is 11.9 Å². The average molecular weight is 358 g/mol. The Morgan fingerprint density at radius 1 is 1.00 bits per heavy atom. The van der Waals surface area contributed by atoms with Gasteiger partial charge in [0, 0.05) is 12.3 Å². The van der Waals surface area contributed by atoms with E-state index in [1.807, 2.05) is 0 Å². The summed E-state index contributed by atoms with van der Waals surface area (Å²) in [5, 5.41) is 15.5. The van der Waals surface area contributed by atoms with E-state index >= 15 is 0 Å². The Morgan fingerprint density at radius 3 is 2.79 bits per heavy atom. The van der Waals surface area contributed by atoms with Crippen LogP contribution in [-0.2, 0) is 5.75 Å². The van der Waals surface area contributed by atoms with Crippen molar-refractivity contribution in [2.45, 2.75) is 42.7 Å². The summed E-state index contributed by atoms with van der Waals surface area (Å²) in [7, 11) is 0. The number of benzene rings is 2. The lowest BCUT2D eigenvalue weighted by Gasteiger charge is -2.04. The number of hydrogen-bond donors (Lipinski definition) is 1. The molecule has 3 nitrogen and oxygen atoms in total. The van der Waals surface area contributed by atoms with Gasteiger partial charge in [-0.15, -0.1) is 10.2 Å². The summed E-state index contributed by atoms with van der Waals surface area (Å²) in [6, 6.07) is 15.0. The van der Waals surface area contributed by atoms with Crippen LogP contribution in [0.15, 0.2) is 46.8 Å². The molecule has 24 heavy (non-hydrogen) atoms. The highest BCUT2D eigenvalue weighted by Crippen LogP contribution is 2.30. The van der Waals surface area contributed by atoms with Gasteiger partial charge in [-0.25, -0.2) is 0 Å². The van der Waals surface area contributed by atoms with E-state index in [1.165, 1.54) is 42.0 Å². The minimum absolute atomic E-state index is 0.923. The zero-order valence-electron chi connectivity index (χ0n) is 14.0. The van der Waals surface area contributed by atoms with Gasteiger partial charge in [-0.2, -0.15) is 0 Å². The highest BCUT2D eigenvalue weighted by molar-refractivity contribution is 8.00. The molecule has 1 N–H and O–H groups in total. The molecule has 0 aliphatic heterocycles. The van der Waals surface area contributed by atoms with Crippen LogP contribution in [0.4, 0.5) is 5.13 Å². The second-order valence-electron chi connectivity index (χ2n) is 5.79. The third-order valence-electron chi connectivity index (χ3n) is 3.94. The number of rotatable bonds is 9. The van der Waals surface area contributed by atoms with Crippen LogP contribution < -0.4 is 5.32 Å². The second-order valence-corrected chi connectivity index (χ2v) is 7.99. The first-order valence-corrected chi connectivity index (χ1v) is 10.3. The molecule has 5 heteroatoms. The van der Waals surface area contributed by atoms with Gasteiger partial charge in [0.15, 0.2) is 4.34 Å². The highest BCUT2D eigenvalue weighted by Gasteiger charge is 2.06. The molecule has 0 amide bonds. The van der Waals surface area contributed by atoms with E-state index in [0.29, 0.717) is 0 Å². The van der Waals surface area contributed by atoms with Crippen LogP contribution in [0, 0.1) is 0 Å². The molecule has 0 saturated carbocycles. The maximum atomic E-state index is 4.30. The van der Waals surface area contributed by atoms with E-state index in [2.05, 4.69) is 64.9 Å². The average Bonchev–Trinajstić information content (AvgIpc) is 3.07. The van der Waals surface area contributed by atoms with Gasteiger partial charge in [-0.3, -0.25) is 0 Å². The van der Waals surface area contributed by atoms with Crippen LogP contribution in [-0.4, -0.2) is 16.7 Å². The summed E-state index contributed by atoms with van der Waals surface area (Å²) in [6.07, 6.45) is 5.06. The largest absolute Gasteiger partial charge is 0.360 e. The first-order valence-electron chi connectivity index (χ1n) is 8.53. The Balaban J connectivity index is 1.53. The Morgan fingerprint density at radius 2 is 1.88 bits per heavy atom. The molecule has 0 aliphatic rings. The molecule has 0 bridgehead atoms.